The van der Waals surface area contributed by atoms with Gasteiger partial charge in [0, 0.05) is 57.4 Å². The van der Waals surface area contributed by atoms with Crippen LogP contribution in [0.3, 0.4) is 0 Å². The molecule has 0 unspecified atom stereocenters. The number of hydrogen-bond acceptors (Lipinski definition) is 7. The maximum Gasteiger partial charge on any atom is 0.134 e. The van der Waals surface area contributed by atoms with E-state index in [-0.39, 0.29) is 0 Å². The van der Waals surface area contributed by atoms with Gasteiger partial charge >= 0.3 is 0 Å². The smallest absolute Gasteiger partial charge is 0.134 e. The highest BCUT2D eigenvalue weighted by Gasteiger charge is 2.28. The molecule has 2 aromatic heterocycles. The number of piperidine rings is 1. The van der Waals surface area contributed by atoms with Gasteiger partial charge in [-0.2, -0.15) is 0 Å². The second kappa shape index (κ2) is 7.53. The van der Waals surface area contributed by atoms with Gasteiger partial charge in [0.05, 0.1) is 0 Å². The van der Waals surface area contributed by atoms with Crippen LogP contribution in [0.5, 0.6) is 0 Å². The van der Waals surface area contributed by atoms with Crippen molar-refractivity contribution in [2.24, 2.45) is 0 Å². The van der Waals surface area contributed by atoms with Crippen molar-refractivity contribution in [3.8, 4) is 0 Å². The molecule has 0 radical (unpaired) electrons. The van der Waals surface area contributed by atoms with E-state index in [0.29, 0.717) is 5.92 Å². The van der Waals surface area contributed by atoms with Crippen molar-refractivity contribution in [2.45, 2.75) is 44.9 Å². The topological polar surface area (TPSA) is 61.3 Å². The highest BCUT2D eigenvalue weighted by molar-refractivity contribution is 5.52. The van der Waals surface area contributed by atoms with E-state index in [0.717, 1.165) is 68.4 Å². The van der Waals surface area contributed by atoms with Crippen molar-refractivity contribution in [1.29, 1.82) is 0 Å². The summed E-state index contributed by atoms with van der Waals surface area (Å²) in [7, 11) is 0. The molecule has 28 heavy (non-hydrogen) atoms. The van der Waals surface area contributed by atoms with E-state index in [1.807, 2.05) is 19.2 Å². The van der Waals surface area contributed by atoms with Gasteiger partial charge in [0.15, 0.2) is 0 Å². The van der Waals surface area contributed by atoms with Gasteiger partial charge in [-0.25, -0.2) is 19.9 Å². The molecule has 7 heteroatoms. The first-order chi connectivity index (χ1) is 13.8. The molecular weight excluding hydrogens is 350 g/mol. The molecule has 2 aliphatic heterocycles. The van der Waals surface area contributed by atoms with Gasteiger partial charge in [0.2, 0.25) is 0 Å². The summed E-state index contributed by atoms with van der Waals surface area (Å²) in [6.45, 7) is 8.07. The van der Waals surface area contributed by atoms with E-state index >= 15 is 0 Å². The van der Waals surface area contributed by atoms with Gasteiger partial charge in [0.1, 0.15) is 29.1 Å². The number of hydrogen-bond donors (Lipinski definition) is 0. The van der Waals surface area contributed by atoms with Crippen molar-refractivity contribution in [2.75, 3.05) is 54.0 Å². The van der Waals surface area contributed by atoms with Crippen LogP contribution in [0.15, 0.2) is 18.3 Å². The molecule has 7 nitrogen and oxygen atoms in total. The Labute approximate surface area is 166 Å². The van der Waals surface area contributed by atoms with Crippen LogP contribution in [0.2, 0.25) is 0 Å². The minimum Gasteiger partial charge on any atom is -0.356 e. The third-order valence-corrected chi connectivity index (χ3v) is 6.02. The summed E-state index contributed by atoms with van der Waals surface area (Å²) in [5.41, 5.74) is 0. The second-order valence-electron chi connectivity index (χ2n) is 8.20. The van der Waals surface area contributed by atoms with E-state index in [9.17, 15) is 0 Å². The van der Waals surface area contributed by atoms with Gasteiger partial charge < -0.3 is 14.7 Å². The Hall–Kier alpha value is -2.44. The Balaban J connectivity index is 1.27. The fourth-order valence-electron chi connectivity index (χ4n) is 4.23. The van der Waals surface area contributed by atoms with Crippen molar-refractivity contribution in [3.05, 3.63) is 30.0 Å². The van der Waals surface area contributed by atoms with E-state index in [1.165, 1.54) is 32.1 Å². The highest BCUT2D eigenvalue weighted by atomic mass is 15.3. The molecule has 0 N–H and O–H groups in total. The lowest BCUT2D eigenvalue weighted by atomic mass is 10.1. The van der Waals surface area contributed by atoms with Crippen LogP contribution in [0.25, 0.3) is 0 Å². The van der Waals surface area contributed by atoms with E-state index in [2.05, 4.69) is 25.8 Å². The van der Waals surface area contributed by atoms with Crippen LogP contribution in [-0.2, 0) is 0 Å². The van der Waals surface area contributed by atoms with Crippen LogP contribution in [0.1, 0.15) is 49.7 Å². The van der Waals surface area contributed by atoms with Gasteiger partial charge in [0.25, 0.3) is 0 Å². The lowest BCUT2D eigenvalue weighted by Gasteiger charge is -2.36. The third kappa shape index (κ3) is 3.75. The zero-order valence-corrected chi connectivity index (χ0v) is 16.7. The summed E-state index contributed by atoms with van der Waals surface area (Å²) < 4.78 is 0. The first-order valence-corrected chi connectivity index (χ1v) is 10.7. The molecule has 148 valence electrons. The fourth-order valence-corrected chi connectivity index (χ4v) is 4.23. The number of aryl methyl sites for hydroxylation is 1. The average Bonchev–Trinajstić information content (AvgIpc) is 3.60. The second-order valence-corrected chi connectivity index (χ2v) is 8.20. The Morgan fingerprint density at radius 2 is 1.36 bits per heavy atom. The predicted octanol–water partition coefficient (Wildman–Crippen LogP) is 2.77. The van der Waals surface area contributed by atoms with Crippen LogP contribution in [0, 0.1) is 6.92 Å². The molecule has 0 bridgehead atoms. The molecule has 5 rings (SSSR count). The molecule has 1 saturated carbocycles. The number of anilines is 3. The predicted molar refractivity (Wildman–Crippen MR) is 111 cm³/mol. The summed E-state index contributed by atoms with van der Waals surface area (Å²) in [6.07, 6.45) is 8.26. The monoisotopic (exact) mass is 379 g/mol. The largest absolute Gasteiger partial charge is 0.356 e. The van der Waals surface area contributed by atoms with Gasteiger partial charge in [-0.15, -0.1) is 0 Å². The summed E-state index contributed by atoms with van der Waals surface area (Å²) in [5.74, 6) is 5.72. The normalized spacial score (nSPS) is 20.5. The van der Waals surface area contributed by atoms with Crippen molar-refractivity contribution < 1.29 is 0 Å². The van der Waals surface area contributed by atoms with E-state index in [4.69, 9.17) is 15.0 Å². The number of aromatic nitrogens is 4. The lowest BCUT2D eigenvalue weighted by molar-refractivity contribution is 0.572. The number of rotatable bonds is 4. The molecule has 0 amide bonds. The highest BCUT2D eigenvalue weighted by Crippen LogP contribution is 2.38. The molecule has 3 fully saturated rings. The summed E-state index contributed by atoms with van der Waals surface area (Å²) in [5, 5.41) is 0. The zero-order valence-electron chi connectivity index (χ0n) is 16.7. The summed E-state index contributed by atoms with van der Waals surface area (Å²) >= 11 is 0. The SMILES string of the molecule is Cc1nc(N2CCCCC2)cc(N2CCN(c3ccnc(C4CC4)n3)CC2)n1. The average molecular weight is 380 g/mol. The van der Waals surface area contributed by atoms with Crippen LogP contribution >= 0.6 is 0 Å². The molecule has 0 spiro atoms. The molecule has 0 aromatic carbocycles. The molecule has 0 atom stereocenters. The Kier molecular flexibility index (Phi) is 4.74. The van der Waals surface area contributed by atoms with Crippen LogP contribution in [0.4, 0.5) is 17.5 Å². The Morgan fingerprint density at radius 1 is 0.750 bits per heavy atom. The Bertz CT molecular complexity index is 821. The maximum atomic E-state index is 4.81. The minimum atomic E-state index is 0.596. The van der Waals surface area contributed by atoms with E-state index < -0.39 is 0 Å². The van der Waals surface area contributed by atoms with Gasteiger partial charge in [-0.3, -0.25) is 0 Å². The summed E-state index contributed by atoms with van der Waals surface area (Å²) in [4.78, 5) is 25.9. The minimum absolute atomic E-state index is 0.596. The standard InChI is InChI=1S/C21H29N7/c1-16-23-19(26-9-3-2-4-10-26)15-20(24-16)28-13-11-27(12-14-28)18-7-8-22-21(25-18)17-5-6-17/h7-8,15,17H,2-6,9-14H2,1H3. The molecule has 4 heterocycles. The Morgan fingerprint density at radius 3 is 2.00 bits per heavy atom. The molecular formula is C21H29N7. The third-order valence-electron chi connectivity index (χ3n) is 6.02. The quantitative estimate of drug-likeness (QED) is 0.809. The number of piperazine rings is 1. The molecule has 1 aliphatic carbocycles. The molecule has 2 saturated heterocycles. The van der Waals surface area contributed by atoms with Crippen molar-refractivity contribution in [3.63, 3.8) is 0 Å². The molecule has 3 aliphatic rings. The first-order valence-electron chi connectivity index (χ1n) is 10.7. The first kappa shape index (κ1) is 17.6. The maximum absolute atomic E-state index is 4.81. The van der Waals surface area contributed by atoms with Crippen LogP contribution in [-0.4, -0.2) is 59.2 Å². The zero-order chi connectivity index (χ0) is 18.9. The fraction of sp³-hybridized carbons (Fsp3) is 0.619. The number of nitrogens with zero attached hydrogens (tertiary/aromatic N) is 7. The molecule has 2 aromatic rings. The van der Waals surface area contributed by atoms with E-state index in [1.54, 1.807) is 0 Å². The van der Waals surface area contributed by atoms with Gasteiger partial charge in [-0.1, -0.05) is 0 Å². The summed E-state index contributed by atoms with van der Waals surface area (Å²) in [6, 6.07) is 4.23. The van der Waals surface area contributed by atoms with Crippen LogP contribution < -0.4 is 14.7 Å². The van der Waals surface area contributed by atoms with Gasteiger partial charge in [-0.05, 0) is 45.1 Å². The van der Waals surface area contributed by atoms with Crippen molar-refractivity contribution in [1.82, 2.24) is 19.9 Å². The lowest BCUT2D eigenvalue weighted by Crippen LogP contribution is -2.47. The van der Waals surface area contributed by atoms with Crippen molar-refractivity contribution >= 4 is 17.5 Å².